The molecule has 1 amide bonds. The van der Waals surface area contributed by atoms with E-state index in [9.17, 15) is 4.79 Å². The Hall–Kier alpha value is -0.770. The number of nitrogens with zero attached hydrogens (tertiary/aromatic N) is 2. The molecular formula is C17H34N2O2. The summed E-state index contributed by atoms with van der Waals surface area (Å²) in [5.41, 5.74) is -0.432. The summed E-state index contributed by atoms with van der Waals surface area (Å²) in [5, 5.41) is 0. The quantitative estimate of drug-likeness (QED) is 0.792. The van der Waals surface area contributed by atoms with Crippen LogP contribution in [-0.4, -0.2) is 53.7 Å². The number of amides is 1. The fraction of sp³-hybridized carbons (Fsp3) is 0.941. The second-order valence-corrected chi connectivity index (χ2v) is 7.56. The minimum absolute atomic E-state index is 0.204. The van der Waals surface area contributed by atoms with Crippen LogP contribution in [0.4, 0.5) is 4.79 Å². The van der Waals surface area contributed by atoms with Crippen LogP contribution >= 0.6 is 0 Å². The maximum Gasteiger partial charge on any atom is 0.410 e. The van der Waals surface area contributed by atoms with Gasteiger partial charge >= 0.3 is 6.09 Å². The standard InChI is InChI=1S/C17H34N2O2/c1-8-9-14(3)19-11-10-13(2)15(12-19)18(7)16(20)21-17(4,5)6/h13-15H,8-12H2,1-7H3. The molecule has 21 heavy (non-hydrogen) atoms. The molecule has 3 unspecified atom stereocenters. The molecule has 4 heteroatoms. The third-order valence-electron chi connectivity index (χ3n) is 4.46. The first kappa shape index (κ1) is 18.3. The molecule has 0 N–H and O–H groups in total. The van der Waals surface area contributed by atoms with Crippen LogP contribution < -0.4 is 0 Å². The number of likely N-dealkylation sites (N-methyl/N-ethyl adjacent to an activating group) is 1. The monoisotopic (exact) mass is 298 g/mol. The molecule has 0 aromatic rings. The molecule has 1 aliphatic rings. The Labute approximate surface area is 130 Å². The molecule has 0 bridgehead atoms. The predicted molar refractivity (Wildman–Crippen MR) is 87.5 cm³/mol. The molecule has 0 aliphatic carbocycles. The van der Waals surface area contributed by atoms with Crippen LogP contribution in [0.15, 0.2) is 0 Å². The van der Waals surface area contributed by atoms with Crippen molar-refractivity contribution in [2.75, 3.05) is 20.1 Å². The summed E-state index contributed by atoms with van der Waals surface area (Å²) in [4.78, 5) is 16.6. The summed E-state index contributed by atoms with van der Waals surface area (Å²) in [7, 11) is 1.88. The molecule has 1 heterocycles. The topological polar surface area (TPSA) is 32.8 Å². The van der Waals surface area contributed by atoms with E-state index in [-0.39, 0.29) is 12.1 Å². The average molecular weight is 298 g/mol. The molecule has 1 aliphatic heterocycles. The van der Waals surface area contributed by atoms with Crippen molar-refractivity contribution in [3.63, 3.8) is 0 Å². The summed E-state index contributed by atoms with van der Waals surface area (Å²) < 4.78 is 5.51. The minimum atomic E-state index is -0.432. The normalized spacial score (nSPS) is 25.5. The summed E-state index contributed by atoms with van der Waals surface area (Å²) >= 11 is 0. The van der Waals surface area contributed by atoms with Crippen molar-refractivity contribution in [1.82, 2.24) is 9.80 Å². The molecule has 3 atom stereocenters. The second-order valence-electron chi connectivity index (χ2n) is 7.56. The first-order valence-corrected chi connectivity index (χ1v) is 8.35. The Kier molecular flexibility index (Phi) is 6.51. The fourth-order valence-corrected chi connectivity index (χ4v) is 3.05. The van der Waals surface area contributed by atoms with Crippen LogP contribution in [0.5, 0.6) is 0 Å². The molecule has 0 saturated carbocycles. The summed E-state index contributed by atoms with van der Waals surface area (Å²) in [6, 6.07) is 0.838. The summed E-state index contributed by atoms with van der Waals surface area (Å²) in [6.07, 6.45) is 3.37. The van der Waals surface area contributed by atoms with Crippen molar-refractivity contribution in [2.24, 2.45) is 5.92 Å². The molecule has 0 spiro atoms. The highest BCUT2D eigenvalue weighted by atomic mass is 16.6. The fourth-order valence-electron chi connectivity index (χ4n) is 3.05. The van der Waals surface area contributed by atoms with Crippen LogP contribution in [0.1, 0.15) is 60.8 Å². The summed E-state index contributed by atoms with van der Waals surface area (Å²) in [5.74, 6) is 0.521. The molecule has 1 rings (SSSR count). The van der Waals surface area contributed by atoms with Crippen LogP contribution in [0, 0.1) is 5.92 Å². The van der Waals surface area contributed by atoms with Crippen LogP contribution in [0.2, 0.25) is 0 Å². The molecule has 1 saturated heterocycles. The van der Waals surface area contributed by atoms with Gasteiger partial charge in [0, 0.05) is 19.6 Å². The van der Waals surface area contributed by atoms with Gasteiger partial charge in [0.2, 0.25) is 0 Å². The maximum absolute atomic E-state index is 12.3. The van der Waals surface area contributed by atoms with E-state index in [4.69, 9.17) is 4.74 Å². The zero-order valence-corrected chi connectivity index (χ0v) is 15.0. The number of piperidine rings is 1. The largest absolute Gasteiger partial charge is 0.444 e. The molecule has 0 aromatic carbocycles. The van der Waals surface area contributed by atoms with Gasteiger partial charge in [0.25, 0.3) is 0 Å². The lowest BCUT2D eigenvalue weighted by Gasteiger charge is -2.44. The van der Waals surface area contributed by atoms with Crippen LogP contribution in [0.3, 0.4) is 0 Å². The lowest BCUT2D eigenvalue weighted by atomic mass is 9.91. The second kappa shape index (κ2) is 7.48. The van der Waals surface area contributed by atoms with Crippen molar-refractivity contribution in [1.29, 1.82) is 0 Å². The number of hydrogen-bond donors (Lipinski definition) is 0. The molecule has 4 nitrogen and oxygen atoms in total. The maximum atomic E-state index is 12.3. The summed E-state index contributed by atoms with van der Waals surface area (Å²) in [6.45, 7) is 14.6. The van der Waals surface area contributed by atoms with E-state index in [0.29, 0.717) is 12.0 Å². The van der Waals surface area contributed by atoms with Gasteiger partial charge < -0.3 is 9.64 Å². The molecule has 1 fully saturated rings. The Morgan fingerprint density at radius 1 is 1.43 bits per heavy atom. The highest BCUT2D eigenvalue weighted by Gasteiger charge is 2.34. The van der Waals surface area contributed by atoms with Crippen molar-refractivity contribution >= 4 is 6.09 Å². The molecular weight excluding hydrogens is 264 g/mol. The highest BCUT2D eigenvalue weighted by Crippen LogP contribution is 2.25. The van der Waals surface area contributed by atoms with E-state index in [1.54, 1.807) is 4.90 Å². The number of carbonyl (C=O) groups excluding carboxylic acids is 1. The minimum Gasteiger partial charge on any atom is -0.444 e. The molecule has 0 aromatic heterocycles. The zero-order valence-electron chi connectivity index (χ0n) is 15.0. The SMILES string of the molecule is CCCC(C)N1CCC(C)C(N(C)C(=O)OC(C)(C)C)C1. The van der Waals surface area contributed by atoms with E-state index >= 15 is 0 Å². The van der Waals surface area contributed by atoms with Gasteiger partial charge in [0.1, 0.15) is 5.60 Å². The first-order chi connectivity index (χ1) is 9.65. The Balaban J connectivity index is 2.67. The van der Waals surface area contributed by atoms with Gasteiger partial charge in [-0.05, 0) is 53.0 Å². The van der Waals surface area contributed by atoms with E-state index in [2.05, 4.69) is 25.7 Å². The Bertz CT molecular complexity index is 338. The van der Waals surface area contributed by atoms with Crippen LogP contribution in [0.25, 0.3) is 0 Å². The van der Waals surface area contributed by atoms with Gasteiger partial charge in [0.15, 0.2) is 0 Å². The van der Waals surface area contributed by atoms with Gasteiger partial charge in [-0.25, -0.2) is 4.79 Å². The third-order valence-corrected chi connectivity index (χ3v) is 4.46. The first-order valence-electron chi connectivity index (χ1n) is 8.35. The number of ether oxygens (including phenoxy) is 1. The van der Waals surface area contributed by atoms with Gasteiger partial charge in [-0.2, -0.15) is 0 Å². The smallest absolute Gasteiger partial charge is 0.410 e. The van der Waals surface area contributed by atoms with Crippen molar-refractivity contribution in [2.45, 2.75) is 78.5 Å². The Morgan fingerprint density at radius 3 is 2.57 bits per heavy atom. The van der Waals surface area contributed by atoms with Gasteiger partial charge in [-0.15, -0.1) is 0 Å². The highest BCUT2D eigenvalue weighted by molar-refractivity contribution is 5.68. The lowest BCUT2D eigenvalue weighted by Crippen LogP contribution is -2.55. The number of carbonyl (C=O) groups is 1. The van der Waals surface area contributed by atoms with E-state index in [1.807, 2.05) is 27.8 Å². The zero-order chi connectivity index (χ0) is 16.2. The molecule has 124 valence electrons. The third kappa shape index (κ3) is 5.50. The van der Waals surface area contributed by atoms with Gasteiger partial charge in [-0.1, -0.05) is 20.3 Å². The van der Waals surface area contributed by atoms with E-state index in [0.717, 1.165) is 19.5 Å². The average Bonchev–Trinajstić information content (AvgIpc) is 2.36. The van der Waals surface area contributed by atoms with Crippen molar-refractivity contribution < 1.29 is 9.53 Å². The van der Waals surface area contributed by atoms with Crippen molar-refractivity contribution in [3.05, 3.63) is 0 Å². The van der Waals surface area contributed by atoms with E-state index in [1.165, 1.54) is 12.8 Å². The molecule has 0 radical (unpaired) electrons. The van der Waals surface area contributed by atoms with E-state index < -0.39 is 5.60 Å². The lowest BCUT2D eigenvalue weighted by molar-refractivity contribution is -0.000333. The predicted octanol–water partition coefficient (Wildman–Crippen LogP) is 3.75. The number of rotatable bonds is 4. The van der Waals surface area contributed by atoms with Gasteiger partial charge in [0.05, 0.1) is 6.04 Å². The number of hydrogen-bond acceptors (Lipinski definition) is 3. The van der Waals surface area contributed by atoms with Crippen molar-refractivity contribution in [3.8, 4) is 0 Å². The van der Waals surface area contributed by atoms with Crippen LogP contribution in [-0.2, 0) is 4.74 Å². The number of likely N-dealkylation sites (tertiary alicyclic amines) is 1. The Morgan fingerprint density at radius 2 is 2.05 bits per heavy atom. The van der Waals surface area contributed by atoms with Gasteiger partial charge in [-0.3, -0.25) is 4.90 Å².